The smallest absolute Gasteiger partial charge is 0.220 e. The number of carbonyl (C=O) groups excluding carboxylic acids is 2. The quantitative estimate of drug-likeness (QED) is 0.242. The molecule has 4 aromatic rings. The number of nitrogens with zero attached hydrogens (tertiary/aromatic N) is 3. The van der Waals surface area contributed by atoms with Crippen LogP contribution in [0.25, 0.3) is 11.0 Å². The van der Waals surface area contributed by atoms with Gasteiger partial charge in [-0.15, -0.1) is 0 Å². The number of hydrogen-bond acceptors (Lipinski definition) is 7. The van der Waals surface area contributed by atoms with Crippen LogP contribution in [0.2, 0.25) is 5.15 Å². The minimum Gasteiger partial charge on any atom is -0.439 e. The van der Waals surface area contributed by atoms with Gasteiger partial charge in [-0.25, -0.2) is 15.0 Å². The van der Waals surface area contributed by atoms with E-state index < -0.39 is 0 Å². The molecule has 9 nitrogen and oxygen atoms in total. The largest absolute Gasteiger partial charge is 0.439 e. The second-order valence-electron chi connectivity index (χ2n) is 8.77. The summed E-state index contributed by atoms with van der Waals surface area (Å²) in [5.41, 5.74) is 1.21. The topological polar surface area (TPSA) is 122 Å². The summed E-state index contributed by atoms with van der Waals surface area (Å²) < 4.78 is 5.72. The molecule has 0 atom stereocenters. The third kappa shape index (κ3) is 5.16. The summed E-state index contributed by atoms with van der Waals surface area (Å²) >= 11 is 6.40. The maximum atomic E-state index is 13.5. The SMILES string of the molecule is CC(=O)N[C@H]1CC[C@@H](Nc2ncnc3[nH]cc(C(=O)c4ccc(Oc5ccccc5)nc4Cl)c23)CC1. The van der Waals surface area contributed by atoms with Gasteiger partial charge in [-0.05, 0) is 43.9 Å². The number of carbonyl (C=O) groups is 2. The monoisotopic (exact) mass is 504 g/mol. The Kier molecular flexibility index (Phi) is 6.81. The molecular formula is C26H25ClN6O3. The van der Waals surface area contributed by atoms with Crippen molar-refractivity contribution in [3.05, 3.63) is 71.3 Å². The number of amides is 1. The zero-order valence-corrected chi connectivity index (χ0v) is 20.4. The van der Waals surface area contributed by atoms with Gasteiger partial charge in [0.05, 0.1) is 16.5 Å². The van der Waals surface area contributed by atoms with Crippen LogP contribution in [0.1, 0.15) is 48.5 Å². The molecule has 5 rings (SSSR count). The molecule has 36 heavy (non-hydrogen) atoms. The van der Waals surface area contributed by atoms with Gasteiger partial charge in [0.2, 0.25) is 11.8 Å². The Balaban J connectivity index is 1.36. The maximum Gasteiger partial charge on any atom is 0.220 e. The van der Waals surface area contributed by atoms with Gasteiger partial charge in [-0.2, -0.15) is 0 Å². The molecule has 1 aliphatic rings. The molecule has 0 unspecified atom stereocenters. The predicted octanol–water partition coefficient (Wildman–Crippen LogP) is 4.89. The molecule has 1 amide bonds. The standard InChI is InChI=1S/C26H25ClN6O3/c1-15(34)31-16-7-9-17(10-8-16)32-26-22-20(13-28-25(22)29-14-30-26)23(35)19-11-12-21(33-24(19)27)36-18-5-3-2-4-6-18/h2-6,11-14,16-17H,7-10H2,1H3,(H,31,34)(H2,28,29,30,32)/t16-,17+. The van der Waals surface area contributed by atoms with E-state index in [1.54, 1.807) is 30.5 Å². The second kappa shape index (κ2) is 10.3. The lowest BCUT2D eigenvalue weighted by Crippen LogP contribution is -2.39. The third-order valence-corrected chi connectivity index (χ3v) is 6.51. The summed E-state index contributed by atoms with van der Waals surface area (Å²) in [5, 5.41) is 7.11. The van der Waals surface area contributed by atoms with Gasteiger partial charge in [0.25, 0.3) is 0 Å². The molecule has 0 spiro atoms. The first-order valence-corrected chi connectivity index (χ1v) is 12.2. The molecule has 1 aromatic carbocycles. The van der Waals surface area contributed by atoms with Crippen molar-refractivity contribution in [3.8, 4) is 11.6 Å². The van der Waals surface area contributed by atoms with Crippen molar-refractivity contribution < 1.29 is 14.3 Å². The van der Waals surface area contributed by atoms with Crippen LogP contribution >= 0.6 is 11.6 Å². The Morgan fingerprint density at radius 2 is 1.75 bits per heavy atom. The Labute approximate surface area is 212 Å². The normalized spacial score (nSPS) is 17.5. The number of ether oxygens (including phenoxy) is 1. The molecule has 1 fully saturated rings. The van der Waals surface area contributed by atoms with Gasteiger partial charge >= 0.3 is 0 Å². The van der Waals surface area contributed by atoms with Crippen molar-refractivity contribution in [2.24, 2.45) is 0 Å². The van der Waals surface area contributed by atoms with Crippen molar-refractivity contribution >= 4 is 40.1 Å². The maximum absolute atomic E-state index is 13.5. The van der Waals surface area contributed by atoms with E-state index in [1.165, 1.54) is 13.3 Å². The summed E-state index contributed by atoms with van der Waals surface area (Å²) in [7, 11) is 0. The van der Waals surface area contributed by atoms with Gasteiger partial charge in [-0.3, -0.25) is 9.59 Å². The first kappa shape index (κ1) is 23.7. The van der Waals surface area contributed by atoms with Crippen molar-refractivity contribution in [1.29, 1.82) is 0 Å². The van der Waals surface area contributed by atoms with Crippen LogP contribution in [0.15, 0.2) is 55.0 Å². The minimum atomic E-state index is -0.294. The van der Waals surface area contributed by atoms with Crippen LogP contribution in [0.4, 0.5) is 5.82 Å². The lowest BCUT2D eigenvalue weighted by molar-refractivity contribution is -0.119. The molecular weight excluding hydrogens is 480 g/mol. The number of H-pyrrole nitrogens is 1. The number of ketones is 1. The minimum absolute atomic E-state index is 0.00722. The molecule has 0 bridgehead atoms. The zero-order chi connectivity index (χ0) is 25.1. The van der Waals surface area contributed by atoms with E-state index in [4.69, 9.17) is 16.3 Å². The number of benzene rings is 1. The van der Waals surface area contributed by atoms with E-state index in [2.05, 4.69) is 30.6 Å². The fourth-order valence-corrected chi connectivity index (χ4v) is 4.74. The van der Waals surface area contributed by atoms with Crippen LogP contribution < -0.4 is 15.4 Å². The van der Waals surface area contributed by atoms with Gasteiger partial charge in [-0.1, -0.05) is 29.8 Å². The average Bonchev–Trinajstić information content (AvgIpc) is 3.31. The Morgan fingerprint density at radius 3 is 2.47 bits per heavy atom. The molecule has 3 aromatic heterocycles. The van der Waals surface area contributed by atoms with E-state index in [9.17, 15) is 9.59 Å². The lowest BCUT2D eigenvalue weighted by Gasteiger charge is -2.29. The number of halogens is 1. The summed E-state index contributed by atoms with van der Waals surface area (Å²) in [4.78, 5) is 40.9. The number of anilines is 1. The molecule has 0 aliphatic heterocycles. The van der Waals surface area contributed by atoms with E-state index in [0.717, 1.165) is 25.7 Å². The van der Waals surface area contributed by atoms with Crippen LogP contribution in [0.3, 0.4) is 0 Å². The Hall–Kier alpha value is -3.98. The van der Waals surface area contributed by atoms with Crippen molar-refractivity contribution in [2.75, 3.05) is 5.32 Å². The predicted molar refractivity (Wildman–Crippen MR) is 137 cm³/mol. The molecule has 1 aliphatic carbocycles. The number of hydrogen-bond donors (Lipinski definition) is 3. The summed E-state index contributed by atoms with van der Waals surface area (Å²) in [6, 6.07) is 12.8. The summed E-state index contributed by atoms with van der Waals surface area (Å²) in [6.45, 7) is 1.54. The Bertz CT molecular complexity index is 1400. The molecule has 1 saturated carbocycles. The number of para-hydroxylation sites is 1. The first-order valence-electron chi connectivity index (χ1n) is 11.8. The molecule has 3 N–H and O–H groups in total. The average molecular weight is 505 g/mol. The number of rotatable bonds is 7. The molecule has 0 saturated heterocycles. The van der Waals surface area contributed by atoms with E-state index in [1.807, 2.05) is 18.2 Å². The van der Waals surface area contributed by atoms with Crippen molar-refractivity contribution in [3.63, 3.8) is 0 Å². The van der Waals surface area contributed by atoms with Crippen LogP contribution in [0.5, 0.6) is 11.6 Å². The first-order chi connectivity index (χ1) is 17.5. The highest BCUT2D eigenvalue weighted by molar-refractivity contribution is 6.34. The number of aromatic nitrogens is 4. The van der Waals surface area contributed by atoms with Crippen LogP contribution in [-0.2, 0) is 4.79 Å². The fraction of sp³-hybridized carbons (Fsp3) is 0.269. The van der Waals surface area contributed by atoms with Gasteiger partial charge in [0.1, 0.15) is 28.7 Å². The molecule has 10 heteroatoms. The number of pyridine rings is 1. The number of aromatic amines is 1. The van der Waals surface area contributed by atoms with Gasteiger partial charge < -0.3 is 20.4 Å². The highest BCUT2D eigenvalue weighted by Crippen LogP contribution is 2.31. The molecule has 3 heterocycles. The van der Waals surface area contributed by atoms with Gasteiger partial charge in [0, 0.05) is 31.3 Å². The second-order valence-corrected chi connectivity index (χ2v) is 9.13. The summed E-state index contributed by atoms with van der Waals surface area (Å²) in [5.74, 6) is 1.20. The number of fused-ring (bicyclic) bond motifs is 1. The third-order valence-electron chi connectivity index (χ3n) is 6.22. The van der Waals surface area contributed by atoms with Crippen LogP contribution in [0, 0.1) is 0 Å². The zero-order valence-electron chi connectivity index (χ0n) is 19.6. The van der Waals surface area contributed by atoms with E-state index in [-0.39, 0.29) is 34.5 Å². The number of nitrogens with one attached hydrogen (secondary N) is 3. The Morgan fingerprint density at radius 1 is 1.00 bits per heavy atom. The highest BCUT2D eigenvalue weighted by Gasteiger charge is 2.25. The summed E-state index contributed by atoms with van der Waals surface area (Å²) in [6.07, 6.45) is 6.59. The lowest BCUT2D eigenvalue weighted by atomic mass is 9.91. The van der Waals surface area contributed by atoms with E-state index >= 15 is 0 Å². The molecule has 184 valence electrons. The van der Waals surface area contributed by atoms with Crippen LogP contribution in [-0.4, -0.2) is 43.7 Å². The highest BCUT2D eigenvalue weighted by atomic mass is 35.5. The van der Waals surface area contributed by atoms with Crippen molar-refractivity contribution in [1.82, 2.24) is 25.3 Å². The van der Waals surface area contributed by atoms with Gasteiger partial charge in [0.15, 0.2) is 5.78 Å². The van der Waals surface area contributed by atoms with Crippen molar-refractivity contribution in [2.45, 2.75) is 44.7 Å². The fourth-order valence-electron chi connectivity index (χ4n) is 4.51. The van der Waals surface area contributed by atoms with E-state index in [0.29, 0.717) is 34.0 Å². The molecule has 0 radical (unpaired) electrons.